The van der Waals surface area contributed by atoms with Crippen molar-refractivity contribution in [3.05, 3.63) is 17.0 Å². The van der Waals surface area contributed by atoms with E-state index >= 15 is 0 Å². The molecule has 0 fully saturated rings. The van der Waals surface area contributed by atoms with E-state index in [2.05, 4.69) is 5.10 Å². The summed E-state index contributed by atoms with van der Waals surface area (Å²) >= 11 is 0. The normalized spacial score (nSPS) is 14.1. The van der Waals surface area contributed by atoms with Gasteiger partial charge < -0.3 is 5.11 Å². The number of aromatic nitrogens is 2. The zero-order chi connectivity index (χ0) is 13.4. The van der Waals surface area contributed by atoms with Crippen LogP contribution in [0.4, 0.5) is 22.0 Å². The van der Waals surface area contributed by atoms with Crippen molar-refractivity contribution in [3.63, 3.8) is 0 Å². The van der Waals surface area contributed by atoms with Crippen molar-refractivity contribution in [2.45, 2.75) is 25.4 Å². The number of halogens is 5. The van der Waals surface area contributed by atoms with E-state index in [9.17, 15) is 26.7 Å². The number of H-pyrrole nitrogens is 1. The highest BCUT2D eigenvalue weighted by Gasteiger charge is 2.51. The third kappa shape index (κ3) is 2.22. The molecular formula is C8H7F5N2O2. The molecule has 1 unspecified atom stereocenters. The van der Waals surface area contributed by atoms with Crippen LogP contribution in [0.1, 0.15) is 27.9 Å². The molecule has 0 spiro atoms. The predicted molar refractivity (Wildman–Crippen MR) is 45.1 cm³/mol. The van der Waals surface area contributed by atoms with Gasteiger partial charge in [-0.1, -0.05) is 0 Å². The van der Waals surface area contributed by atoms with Crippen molar-refractivity contribution in [1.29, 1.82) is 0 Å². The number of nitrogens with zero attached hydrogens (tertiary/aromatic N) is 1. The molecule has 1 rings (SSSR count). The Bertz CT molecular complexity index is 432. The average molecular weight is 258 g/mol. The van der Waals surface area contributed by atoms with E-state index in [1.807, 2.05) is 0 Å². The van der Waals surface area contributed by atoms with Gasteiger partial charge in [-0.15, -0.1) is 0 Å². The van der Waals surface area contributed by atoms with Crippen LogP contribution in [-0.4, -0.2) is 33.6 Å². The Morgan fingerprint density at radius 2 is 1.94 bits per heavy atom. The van der Waals surface area contributed by atoms with E-state index in [1.165, 1.54) is 0 Å². The van der Waals surface area contributed by atoms with Crippen LogP contribution in [0.2, 0.25) is 0 Å². The molecule has 2 N–H and O–H groups in total. The molecule has 1 aromatic heterocycles. The second-order valence-electron chi connectivity index (χ2n) is 3.25. The third-order valence-electron chi connectivity index (χ3n) is 2.13. The zero-order valence-electron chi connectivity index (χ0n) is 8.35. The van der Waals surface area contributed by atoms with E-state index in [0.29, 0.717) is 0 Å². The predicted octanol–water partition coefficient (Wildman–Crippen LogP) is 2.33. The van der Waals surface area contributed by atoms with Gasteiger partial charge in [0.1, 0.15) is 0 Å². The highest BCUT2D eigenvalue weighted by Crippen LogP contribution is 2.40. The number of hydrogen-bond acceptors (Lipinski definition) is 2. The second kappa shape index (κ2) is 4.30. The minimum Gasteiger partial charge on any atom is -0.476 e. The molecule has 96 valence electrons. The number of aromatic amines is 1. The molecule has 0 radical (unpaired) electrons. The first-order valence-corrected chi connectivity index (χ1v) is 4.27. The summed E-state index contributed by atoms with van der Waals surface area (Å²) in [4.78, 5) is 10.5. The van der Waals surface area contributed by atoms with Gasteiger partial charge in [0.2, 0.25) is 6.17 Å². The maximum Gasteiger partial charge on any atom is 0.356 e. The zero-order valence-corrected chi connectivity index (χ0v) is 8.35. The molecule has 1 heterocycles. The van der Waals surface area contributed by atoms with Crippen LogP contribution in [0, 0.1) is 6.92 Å². The van der Waals surface area contributed by atoms with Crippen LogP contribution in [0.15, 0.2) is 0 Å². The van der Waals surface area contributed by atoms with Crippen LogP contribution in [0.5, 0.6) is 0 Å². The van der Waals surface area contributed by atoms with Gasteiger partial charge >= 0.3 is 18.3 Å². The first-order valence-electron chi connectivity index (χ1n) is 4.27. The Labute approximate surface area is 91.4 Å². The van der Waals surface area contributed by atoms with Crippen molar-refractivity contribution in [1.82, 2.24) is 10.2 Å². The molecule has 0 saturated heterocycles. The number of carbonyl (C=O) groups is 1. The lowest BCUT2D eigenvalue weighted by Gasteiger charge is -2.19. The number of hydrogen-bond donors (Lipinski definition) is 2. The average Bonchev–Trinajstić information content (AvgIpc) is 2.58. The summed E-state index contributed by atoms with van der Waals surface area (Å²) in [6.45, 7) is 0.996. The van der Waals surface area contributed by atoms with Gasteiger partial charge in [-0.25, -0.2) is 18.0 Å². The van der Waals surface area contributed by atoms with Crippen molar-refractivity contribution < 1.29 is 31.9 Å². The van der Waals surface area contributed by atoms with Crippen LogP contribution in [0.3, 0.4) is 0 Å². The van der Waals surface area contributed by atoms with Gasteiger partial charge in [0.25, 0.3) is 0 Å². The number of nitrogens with one attached hydrogen (secondary N) is 1. The van der Waals surface area contributed by atoms with Gasteiger partial charge in [-0.3, -0.25) is 5.10 Å². The molecule has 0 aliphatic carbocycles. The Morgan fingerprint density at radius 1 is 1.41 bits per heavy atom. The summed E-state index contributed by atoms with van der Waals surface area (Å²) in [6.07, 6.45) is -7.54. The van der Waals surface area contributed by atoms with E-state index in [-0.39, 0.29) is 0 Å². The van der Waals surface area contributed by atoms with Gasteiger partial charge in [-0.2, -0.15) is 13.9 Å². The number of aromatic carboxylic acids is 1. The lowest BCUT2D eigenvalue weighted by Crippen LogP contribution is -2.32. The highest BCUT2D eigenvalue weighted by molar-refractivity contribution is 5.87. The summed E-state index contributed by atoms with van der Waals surface area (Å²) in [6, 6.07) is 0. The summed E-state index contributed by atoms with van der Waals surface area (Å²) < 4.78 is 62.4. The van der Waals surface area contributed by atoms with Gasteiger partial charge in [0.05, 0.1) is 5.69 Å². The molecule has 0 aromatic carbocycles. The largest absolute Gasteiger partial charge is 0.476 e. The van der Waals surface area contributed by atoms with Crippen molar-refractivity contribution in [2.75, 3.05) is 0 Å². The number of carboxylic acid groups (broad SMARTS) is 1. The molecule has 9 heteroatoms. The quantitative estimate of drug-likeness (QED) is 0.814. The second-order valence-corrected chi connectivity index (χ2v) is 3.25. The summed E-state index contributed by atoms with van der Waals surface area (Å²) in [5, 5.41) is 13.3. The van der Waals surface area contributed by atoms with Gasteiger partial charge in [0.15, 0.2) is 5.69 Å². The molecular weight excluding hydrogens is 251 g/mol. The van der Waals surface area contributed by atoms with Crippen molar-refractivity contribution >= 4 is 5.97 Å². The highest BCUT2D eigenvalue weighted by atomic mass is 19.3. The number of alkyl halides is 5. The van der Waals surface area contributed by atoms with Gasteiger partial charge in [-0.05, 0) is 6.92 Å². The molecule has 0 amide bonds. The smallest absolute Gasteiger partial charge is 0.356 e. The Hall–Kier alpha value is -1.67. The van der Waals surface area contributed by atoms with E-state index in [4.69, 9.17) is 5.11 Å². The Morgan fingerprint density at radius 3 is 2.29 bits per heavy atom. The summed E-state index contributed by atoms with van der Waals surface area (Å²) in [5.74, 6) is -6.48. The molecule has 0 bridgehead atoms. The van der Waals surface area contributed by atoms with Gasteiger partial charge in [0, 0.05) is 5.56 Å². The fourth-order valence-electron chi connectivity index (χ4n) is 1.17. The monoisotopic (exact) mass is 258 g/mol. The Balaban J connectivity index is 3.14. The first-order chi connectivity index (χ1) is 7.69. The lowest BCUT2D eigenvalue weighted by molar-refractivity contribution is -0.173. The van der Waals surface area contributed by atoms with Crippen LogP contribution in [-0.2, 0) is 0 Å². The maximum absolute atomic E-state index is 13.2. The molecule has 4 nitrogen and oxygen atoms in total. The molecule has 1 aromatic rings. The van der Waals surface area contributed by atoms with Crippen LogP contribution >= 0.6 is 0 Å². The number of rotatable bonds is 4. The lowest BCUT2D eigenvalue weighted by atomic mass is 10.1. The Kier molecular flexibility index (Phi) is 3.39. The summed E-state index contributed by atoms with van der Waals surface area (Å²) in [7, 11) is 0. The number of carboxylic acids is 1. The molecule has 0 aliphatic rings. The molecule has 0 saturated carbocycles. The van der Waals surface area contributed by atoms with Crippen molar-refractivity contribution in [3.8, 4) is 0 Å². The maximum atomic E-state index is 13.2. The van der Waals surface area contributed by atoms with E-state index in [0.717, 1.165) is 6.92 Å². The summed E-state index contributed by atoms with van der Waals surface area (Å²) in [5.41, 5.74) is -2.09. The topological polar surface area (TPSA) is 66.0 Å². The SMILES string of the molecule is Cc1c(C(=O)O)n[nH]c1C(F)C(F)(F)C(F)F. The minimum absolute atomic E-state index is 0.440. The fourth-order valence-corrected chi connectivity index (χ4v) is 1.17. The standard InChI is InChI=1S/C8H7F5N2O2/c1-2-3(14-15-4(2)6(16)17)5(9)8(12,13)7(10)11/h5,7H,1H3,(H,14,15)(H,16,17). The van der Waals surface area contributed by atoms with Crippen molar-refractivity contribution in [2.24, 2.45) is 0 Å². The first kappa shape index (κ1) is 13.4. The van der Waals surface area contributed by atoms with Crippen LogP contribution < -0.4 is 0 Å². The van der Waals surface area contributed by atoms with E-state index in [1.54, 1.807) is 5.10 Å². The van der Waals surface area contributed by atoms with E-state index < -0.39 is 41.4 Å². The molecule has 1 atom stereocenters. The molecule has 17 heavy (non-hydrogen) atoms. The third-order valence-corrected chi connectivity index (χ3v) is 2.13. The van der Waals surface area contributed by atoms with Crippen LogP contribution in [0.25, 0.3) is 0 Å². The minimum atomic E-state index is -4.91. The molecule has 0 aliphatic heterocycles. The fraction of sp³-hybridized carbons (Fsp3) is 0.500.